The van der Waals surface area contributed by atoms with Crippen molar-refractivity contribution in [3.8, 4) is 34.1 Å². The molecule has 0 aliphatic rings. The van der Waals surface area contributed by atoms with Crippen molar-refractivity contribution in [2.75, 3.05) is 14.2 Å². The van der Waals surface area contributed by atoms with Crippen LogP contribution in [0.2, 0.25) is 0 Å². The Kier molecular flexibility index (Phi) is 5.31. The zero-order valence-electron chi connectivity index (χ0n) is 16.7. The number of hydrogen-bond acceptors (Lipinski definition) is 7. The van der Waals surface area contributed by atoms with Gasteiger partial charge in [-0.1, -0.05) is 17.3 Å². The highest BCUT2D eigenvalue weighted by Crippen LogP contribution is 2.32. The van der Waals surface area contributed by atoms with Crippen molar-refractivity contribution in [1.29, 1.82) is 0 Å². The summed E-state index contributed by atoms with van der Waals surface area (Å²) in [5, 5.41) is 7.09. The third kappa shape index (κ3) is 4.00. The maximum absolute atomic E-state index is 5.45. The van der Waals surface area contributed by atoms with Gasteiger partial charge in [-0.25, -0.2) is 4.98 Å². The normalized spacial score (nSPS) is 10.9. The summed E-state index contributed by atoms with van der Waals surface area (Å²) >= 11 is 1.59. The number of benzene rings is 2. The standard InChI is InChI=1S/C22H21N3O3S/c1-13-5-6-15(9-14(13)2)18-12-29-21(23-18)11-20-24-22(25-28-20)17-8-7-16(26-3)10-19(17)27-4/h5-10,12H,11H2,1-4H3. The molecule has 148 valence electrons. The highest BCUT2D eigenvalue weighted by atomic mass is 32.1. The molecular formula is C22H21N3O3S. The van der Waals surface area contributed by atoms with Crippen LogP contribution in [0.1, 0.15) is 22.0 Å². The van der Waals surface area contributed by atoms with Gasteiger partial charge in [-0.3, -0.25) is 0 Å². The zero-order valence-corrected chi connectivity index (χ0v) is 17.5. The topological polar surface area (TPSA) is 70.3 Å². The Morgan fingerprint density at radius 2 is 1.83 bits per heavy atom. The lowest BCUT2D eigenvalue weighted by Gasteiger charge is -2.07. The summed E-state index contributed by atoms with van der Waals surface area (Å²) < 4.78 is 16.1. The summed E-state index contributed by atoms with van der Waals surface area (Å²) in [7, 11) is 3.21. The smallest absolute Gasteiger partial charge is 0.233 e. The first kappa shape index (κ1) is 19.1. The second kappa shape index (κ2) is 8.05. The first-order valence-electron chi connectivity index (χ1n) is 9.14. The number of hydrogen-bond donors (Lipinski definition) is 0. The molecule has 0 saturated carbocycles. The molecule has 2 heterocycles. The second-order valence-electron chi connectivity index (χ2n) is 6.68. The number of ether oxygens (including phenoxy) is 2. The fourth-order valence-electron chi connectivity index (χ4n) is 2.97. The molecule has 0 aliphatic carbocycles. The minimum Gasteiger partial charge on any atom is -0.497 e. The van der Waals surface area contributed by atoms with Crippen LogP contribution in [0.25, 0.3) is 22.6 Å². The third-order valence-corrected chi connectivity index (χ3v) is 5.62. The molecule has 2 aromatic heterocycles. The number of aromatic nitrogens is 3. The zero-order chi connectivity index (χ0) is 20.4. The largest absolute Gasteiger partial charge is 0.497 e. The molecular weight excluding hydrogens is 386 g/mol. The van der Waals surface area contributed by atoms with Crippen molar-refractivity contribution < 1.29 is 14.0 Å². The van der Waals surface area contributed by atoms with Gasteiger partial charge in [0.05, 0.1) is 31.9 Å². The van der Waals surface area contributed by atoms with Crippen molar-refractivity contribution in [3.63, 3.8) is 0 Å². The Labute approximate surface area is 173 Å². The molecule has 0 saturated heterocycles. The van der Waals surface area contributed by atoms with E-state index in [0.717, 1.165) is 21.8 Å². The number of nitrogens with zero attached hydrogens (tertiary/aromatic N) is 3. The molecule has 0 fully saturated rings. The summed E-state index contributed by atoms with van der Waals surface area (Å²) in [6.45, 7) is 4.22. The van der Waals surface area contributed by atoms with Gasteiger partial charge in [0, 0.05) is 17.0 Å². The Morgan fingerprint density at radius 1 is 0.966 bits per heavy atom. The molecule has 7 heteroatoms. The molecule has 0 spiro atoms. The monoisotopic (exact) mass is 407 g/mol. The number of aryl methyl sites for hydroxylation is 2. The van der Waals surface area contributed by atoms with Crippen LogP contribution in [-0.4, -0.2) is 29.3 Å². The minimum atomic E-state index is 0.477. The van der Waals surface area contributed by atoms with Gasteiger partial charge in [-0.05, 0) is 43.2 Å². The predicted molar refractivity (Wildman–Crippen MR) is 113 cm³/mol. The Morgan fingerprint density at radius 3 is 2.59 bits per heavy atom. The summed E-state index contributed by atoms with van der Waals surface area (Å²) in [6, 6.07) is 11.9. The summed E-state index contributed by atoms with van der Waals surface area (Å²) in [5.74, 6) is 2.32. The van der Waals surface area contributed by atoms with E-state index >= 15 is 0 Å². The molecule has 0 bridgehead atoms. The van der Waals surface area contributed by atoms with E-state index in [2.05, 4.69) is 47.6 Å². The molecule has 0 N–H and O–H groups in total. The van der Waals surface area contributed by atoms with Gasteiger partial charge in [0.1, 0.15) is 16.5 Å². The maximum Gasteiger partial charge on any atom is 0.233 e. The molecule has 6 nitrogen and oxygen atoms in total. The van der Waals surface area contributed by atoms with E-state index in [-0.39, 0.29) is 0 Å². The lowest BCUT2D eigenvalue weighted by molar-refractivity contribution is 0.383. The molecule has 4 rings (SSSR count). The molecule has 0 unspecified atom stereocenters. The van der Waals surface area contributed by atoms with Gasteiger partial charge < -0.3 is 14.0 Å². The summed E-state index contributed by atoms with van der Waals surface area (Å²) in [4.78, 5) is 9.25. The van der Waals surface area contributed by atoms with Crippen LogP contribution < -0.4 is 9.47 Å². The molecule has 4 aromatic rings. The third-order valence-electron chi connectivity index (χ3n) is 4.77. The molecule has 0 atom stereocenters. The van der Waals surface area contributed by atoms with E-state index in [4.69, 9.17) is 19.0 Å². The summed E-state index contributed by atoms with van der Waals surface area (Å²) in [5.41, 5.74) is 5.36. The first-order chi connectivity index (χ1) is 14.1. The second-order valence-corrected chi connectivity index (χ2v) is 7.62. The van der Waals surface area contributed by atoms with Crippen LogP contribution in [0, 0.1) is 13.8 Å². The van der Waals surface area contributed by atoms with Crippen molar-refractivity contribution in [1.82, 2.24) is 15.1 Å². The van der Waals surface area contributed by atoms with Gasteiger partial charge in [0.25, 0.3) is 0 Å². The fraction of sp³-hybridized carbons (Fsp3) is 0.227. The molecule has 0 aliphatic heterocycles. The van der Waals surface area contributed by atoms with Gasteiger partial charge in [-0.2, -0.15) is 4.98 Å². The van der Waals surface area contributed by atoms with Crippen LogP contribution in [0.4, 0.5) is 0 Å². The highest BCUT2D eigenvalue weighted by molar-refractivity contribution is 7.10. The van der Waals surface area contributed by atoms with Gasteiger partial charge >= 0.3 is 0 Å². The number of thiazole rings is 1. The average molecular weight is 407 g/mol. The lowest BCUT2D eigenvalue weighted by Crippen LogP contribution is -1.92. The highest BCUT2D eigenvalue weighted by Gasteiger charge is 2.16. The van der Waals surface area contributed by atoms with Crippen LogP contribution >= 0.6 is 11.3 Å². The molecule has 0 radical (unpaired) electrons. The average Bonchev–Trinajstić information content (AvgIpc) is 3.39. The van der Waals surface area contributed by atoms with E-state index in [1.165, 1.54) is 11.1 Å². The van der Waals surface area contributed by atoms with E-state index in [1.807, 2.05) is 12.1 Å². The van der Waals surface area contributed by atoms with Crippen molar-refractivity contribution in [3.05, 3.63) is 63.8 Å². The van der Waals surface area contributed by atoms with Crippen LogP contribution in [-0.2, 0) is 6.42 Å². The maximum atomic E-state index is 5.45. The minimum absolute atomic E-state index is 0.477. The van der Waals surface area contributed by atoms with Gasteiger partial charge in [0.2, 0.25) is 11.7 Å². The van der Waals surface area contributed by atoms with Crippen molar-refractivity contribution in [2.45, 2.75) is 20.3 Å². The molecule has 29 heavy (non-hydrogen) atoms. The number of methoxy groups -OCH3 is 2. The Balaban J connectivity index is 1.54. The molecule has 0 amide bonds. The predicted octanol–water partition coefficient (Wildman–Crippen LogP) is 5.08. The van der Waals surface area contributed by atoms with Gasteiger partial charge in [-0.15, -0.1) is 11.3 Å². The SMILES string of the molecule is COc1ccc(-c2noc(Cc3nc(-c4ccc(C)c(C)c4)cs3)n2)c(OC)c1. The van der Waals surface area contributed by atoms with E-state index in [0.29, 0.717) is 29.6 Å². The first-order valence-corrected chi connectivity index (χ1v) is 10.0. The van der Waals surface area contributed by atoms with Crippen LogP contribution in [0.3, 0.4) is 0 Å². The lowest BCUT2D eigenvalue weighted by atomic mass is 10.1. The summed E-state index contributed by atoms with van der Waals surface area (Å²) in [6.07, 6.45) is 0.487. The van der Waals surface area contributed by atoms with E-state index in [9.17, 15) is 0 Å². The van der Waals surface area contributed by atoms with Crippen molar-refractivity contribution in [2.24, 2.45) is 0 Å². The number of rotatable bonds is 6. The van der Waals surface area contributed by atoms with E-state index < -0.39 is 0 Å². The Hall–Kier alpha value is -3.19. The van der Waals surface area contributed by atoms with E-state index in [1.54, 1.807) is 31.6 Å². The van der Waals surface area contributed by atoms with Crippen LogP contribution in [0.5, 0.6) is 11.5 Å². The van der Waals surface area contributed by atoms with Crippen LogP contribution in [0.15, 0.2) is 46.3 Å². The van der Waals surface area contributed by atoms with Crippen molar-refractivity contribution >= 4 is 11.3 Å². The quantitative estimate of drug-likeness (QED) is 0.444. The molecule has 2 aromatic carbocycles. The fourth-order valence-corrected chi connectivity index (χ4v) is 3.77. The Bertz CT molecular complexity index is 1150. The van der Waals surface area contributed by atoms with Gasteiger partial charge in [0.15, 0.2) is 0 Å².